The Labute approximate surface area is 113 Å². The lowest BCUT2D eigenvalue weighted by Crippen LogP contribution is -2.17. The van der Waals surface area contributed by atoms with Crippen molar-refractivity contribution in [3.05, 3.63) is 17.0 Å². The molecule has 0 fully saturated rings. The van der Waals surface area contributed by atoms with Crippen LogP contribution in [0.25, 0.3) is 0 Å². The van der Waals surface area contributed by atoms with Gasteiger partial charge in [0.25, 0.3) is 0 Å². The molecule has 1 rings (SSSR count). The second-order valence-electron chi connectivity index (χ2n) is 3.84. The molecule has 102 valence electrons. The fraction of sp³-hybridized carbons (Fsp3) is 0.600. The largest absolute Gasteiger partial charge is 0.451 e. The average molecular weight is 300 g/mol. The number of halogens is 4. The lowest BCUT2D eigenvalue weighted by atomic mass is 10.2. The summed E-state index contributed by atoms with van der Waals surface area (Å²) in [5.41, 5.74) is 0. The summed E-state index contributed by atoms with van der Waals surface area (Å²) in [4.78, 5) is 6.55. The maximum atomic E-state index is 12.5. The van der Waals surface area contributed by atoms with Crippen LogP contribution in [0.15, 0.2) is 6.07 Å². The van der Waals surface area contributed by atoms with Gasteiger partial charge in [-0.25, -0.2) is 9.97 Å². The number of hydrogen-bond donors (Lipinski definition) is 1. The topological polar surface area (TPSA) is 37.8 Å². The molecule has 0 spiro atoms. The molecule has 0 radical (unpaired) electrons. The number of aromatic nitrogens is 2. The zero-order valence-electron chi connectivity index (χ0n) is 9.88. The summed E-state index contributed by atoms with van der Waals surface area (Å²) in [5.74, 6) is 0.103. The molecule has 18 heavy (non-hydrogen) atoms. The van der Waals surface area contributed by atoms with Crippen molar-refractivity contribution in [3.63, 3.8) is 0 Å². The van der Waals surface area contributed by atoms with Crippen LogP contribution in [0.3, 0.4) is 0 Å². The summed E-state index contributed by atoms with van der Waals surface area (Å²) in [6, 6.07) is 1.28. The van der Waals surface area contributed by atoms with Gasteiger partial charge in [0.05, 0.1) is 0 Å². The molecule has 0 aliphatic heterocycles. The highest BCUT2D eigenvalue weighted by Crippen LogP contribution is 2.28. The van der Waals surface area contributed by atoms with E-state index in [1.165, 1.54) is 6.07 Å². The molecule has 0 aliphatic carbocycles. The Kier molecular flexibility index (Phi) is 5.52. The van der Waals surface area contributed by atoms with Crippen LogP contribution in [0.1, 0.15) is 12.7 Å². The van der Waals surface area contributed by atoms with E-state index in [9.17, 15) is 13.2 Å². The molecule has 1 heterocycles. The van der Waals surface area contributed by atoms with Crippen molar-refractivity contribution in [2.24, 2.45) is 5.92 Å². The molecular formula is C10H13ClF3N3S. The van der Waals surface area contributed by atoms with E-state index in [-0.39, 0.29) is 11.0 Å². The average Bonchev–Trinajstić information content (AvgIpc) is 2.25. The zero-order valence-corrected chi connectivity index (χ0v) is 11.5. The number of anilines is 1. The molecule has 0 aromatic carbocycles. The third kappa shape index (κ3) is 4.89. The molecule has 3 nitrogen and oxygen atoms in total. The minimum Gasteiger partial charge on any atom is -0.370 e. The Morgan fingerprint density at radius 1 is 1.44 bits per heavy atom. The van der Waals surface area contributed by atoms with Gasteiger partial charge >= 0.3 is 6.18 Å². The smallest absolute Gasteiger partial charge is 0.370 e. The zero-order chi connectivity index (χ0) is 13.8. The van der Waals surface area contributed by atoms with Gasteiger partial charge < -0.3 is 5.32 Å². The SMILES string of the molecule is CSCC(C)CNc1cc(Cl)nc(C(F)(F)F)n1. The third-order valence-electron chi connectivity index (χ3n) is 2.03. The van der Waals surface area contributed by atoms with E-state index in [1.54, 1.807) is 11.8 Å². The summed E-state index contributed by atoms with van der Waals surface area (Å²) in [6.45, 7) is 2.53. The van der Waals surface area contributed by atoms with Gasteiger partial charge in [0.1, 0.15) is 11.0 Å². The molecule has 0 amide bonds. The molecule has 0 aliphatic rings. The summed E-state index contributed by atoms with van der Waals surface area (Å²) < 4.78 is 37.4. The Bertz CT molecular complexity index is 400. The van der Waals surface area contributed by atoms with E-state index in [1.807, 2.05) is 13.2 Å². The number of alkyl halides is 3. The quantitative estimate of drug-likeness (QED) is 0.844. The van der Waals surface area contributed by atoms with E-state index in [4.69, 9.17) is 11.6 Å². The minimum absolute atomic E-state index is 0.0929. The van der Waals surface area contributed by atoms with Crippen molar-refractivity contribution < 1.29 is 13.2 Å². The number of nitrogens with one attached hydrogen (secondary N) is 1. The fourth-order valence-electron chi connectivity index (χ4n) is 1.26. The molecule has 0 saturated heterocycles. The first-order valence-electron chi connectivity index (χ1n) is 5.17. The molecular weight excluding hydrogens is 287 g/mol. The predicted octanol–water partition coefficient (Wildman–Crippen LogP) is 3.56. The van der Waals surface area contributed by atoms with E-state index in [2.05, 4.69) is 15.3 Å². The van der Waals surface area contributed by atoms with Crippen LogP contribution in [-0.2, 0) is 6.18 Å². The molecule has 1 atom stereocenters. The van der Waals surface area contributed by atoms with Gasteiger partial charge in [-0.3, -0.25) is 0 Å². The highest BCUT2D eigenvalue weighted by Gasteiger charge is 2.35. The van der Waals surface area contributed by atoms with Crippen molar-refractivity contribution in [2.45, 2.75) is 13.1 Å². The summed E-state index contributed by atoms with van der Waals surface area (Å²) in [6.07, 6.45) is -2.62. The maximum absolute atomic E-state index is 12.5. The molecule has 1 unspecified atom stereocenters. The van der Waals surface area contributed by atoms with E-state index >= 15 is 0 Å². The number of hydrogen-bond acceptors (Lipinski definition) is 4. The maximum Gasteiger partial charge on any atom is 0.451 e. The monoisotopic (exact) mass is 299 g/mol. The van der Waals surface area contributed by atoms with Crippen molar-refractivity contribution in [1.29, 1.82) is 0 Å². The van der Waals surface area contributed by atoms with Gasteiger partial charge in [0.2, 0.25) is 5.82 Å². The number of nitrogens with zero attached hydrogens (tertiary/aromatic N) is 2. The van der Waals surface area contributed by atoms with Gasteiger partial charge in [-0.05, 0) is 17.9 Å². The van der Waals surface area contributed by atoms with Crippen LogP contribution in [0.2, 0.25) is 5.15 Å². The van der Waals surface area contributed by atoms with Crippen LogP contribution >= 0.6 is 23.4 Å². The second-order valence-corrected chi connectivity index (χ2v) is 5.14. The van der Waals surface area contributed by atoms with Crippen LogP contribution in [0, 0.1) is 5.92 Å². The summed E-state index contributed by atoms with van der Waals surface area (Å²) in [7, 11) is 0. The van der Waals surface area contributed by atoms with E-state index in [0.717, 1.165) is 5.75 Å². The minimum atomic E-state index is -4.59. The standard InChI is InChI=1S/C10H13ClF3N3S/c1-6(5-18-2)4-15-8-3-7(11)16-9(17-8)10(12,13)14/h3,6H,4-5H2,1-2H3,(H,15,16,17). The second kappa shape index (κ2) is 6.47. The molecule has 1 aromatic heterocycles. The number of thioether (sulfide) groups is 1. The summed E-state index contributed by atoms with van der Waals surface area (Å²) in [5, 5.41) is 2.61. The van der Waals surface area contributed by atoms with Crippen molar-refractivity contribution in [1.82, 2.24) is 9.97 Å². The van der Waals surface area contributed by atoms with Crippen molar-refractivity contribution in [2.75, 3.05) is 23.9 Å². The third-order valence-corrected chi connectivity index (χ3v) is 3.13. The summed E-state index contributed by atoms with van der Waals surface area (Å²) >= 11 is 7.21. The van der Waals surface area contributed by atoms with E-state index < -0.39 is 12.0 Å². The van der Waals surface area contributed by atoms with Crippen molar-refractivity contribution in [3.8, 4) is 0 Å². The molecule has 0 bridgehead atoms. The van der Waals surface area contributed by atoms with Gasteiger partial charge in [-0.15, -0.1) is 0 Å². The predicted molar refractivity (Wildman–Crippen MR) is 68.1 cm³/mol. The Morgan fingerprint density at radius 3 is 2.67 bits per heavy atom. The van der Waals surface area contributed by atoms with Gasteiger partial charge in [0, 0.05) is 12.6 Å². The first-order valence-corrected chi connectivity index (χ1v) is 6.94. The highest BCUT2D eigenvalue weighted by atomic mass is 35.5. The molecule has 1 N–H and O–H groups in total. The lowest BCUT2D eigenvalue weighted by Gasteiger charge is -2.13. The van der Waals surface area contributed by atoms with Crippen LogP contribution in [-0.4, -0.2) is 28.5 Å². The van der Waals surface area contributed by atoms with Gasteiger partial charge in [-0.2, -0.15) is 24.9 Å². The van der Waals surface area contributed by atoms with Gasteiger partial charge in [0.15, 0.2) is 0 Å². The van der Waals surface area contributed by atoms with Gasteiger partial charge in [-0.1, -0.05) is 18.5 Å². The lowest BCUT2D eigenvalue weighted by molar-refractivity contribution is -0.144. The Balaban J connectivity index is 2.75. The highest BCUT2D eigenvalue weighted by molar-refractivity contribution is 7.98. The number of rotatable bonds is 5. The first-order chi connectivity index (χ1) is 8.32. The Morgan fingerprint density at radius 2 is 2.11 bits per heavy atom. The fourth-order valence-corrected chi connectivity index (χ4v) is 2.13. The first kappa shape index (κ1) is 15.4. The molecule has 0 saturated carbocycles. The molecule has 1 aromatic rings. The van der Waals surface area contributed by atoms with Crippen LogP contribution in [0.4, 0.5) is 19.0 Å². The molecule has 8 heteroatoms. The van der Waals surface area contributed by atoms with Crippen LogP contribution in [0.5, 0.6) is 0 Å². The van der Waals surface area contributed by atoms with Crippen molar-refractivity contribution >= 4 is 29.2 Å². The normalized spacial score (nSPS) is 13.4. The van der Waals surface area contributed by atoms with E-state index in [0.29, 0.717) is 12.5 Å². The Hall–Kier alpha value is -0.690. The van der Waals surface area contributed by atoms with Crippen LogP contribution < -0.4 is 5.32 Å².